The van der Waals surface area contributed by atoms with Gasteiger partial charge in [0, 0.05) is 13.7 Å². The molecule has 0 atom stereocenters. The van der Waals surface area contributed by atoms with E-state index in [9.17, 15) is 4.39 Å². The Labute approximate surface area is 95.6 Å². The van der Waals surface area contributed by atoms with Gasteiger partial charge in [-0.2, -0.15) is 0 Å². The Bertz CT molecular complexity index is 277. The first kappa shape index (κ1) is 12.9. The smallest absolute Gasteiger partial charge is 0.123 e. The van der Waals surface area contributed by atoms with Gasteiger partial charge in [0.05, 0.1) is 13.2 Å². The second-order valence-electron chi connectivity index (χ2n) is 3.40. The van der Waals surface area contributed by atoms with Gasteiger partial charge in [0.25, 0.3) is 0 Å². The average molecular weight is 227 g/mol. The largest absolute Gasteiger partial charge is 0.494 e. The third-order valence-corrected chi connectivity index (χ3v) is 2.06. The van der Waals surface area contributed by atoms with Crippen molar-refractivity contribution in [1.29, 1.82) is 0 Å². The maximum Gasteiger partial charge on any atom is 0.123 e. The highest BCUT2D eigenvalue weighted by molar-refractivity contribution is 5.21. The lowest BCUT2D eigenvalue weighted by Gasteiger charge is -2.06. The second kappa shape index (κ2) is 8.07. The molecule has 16 heavy (non-hydrogen) atoms. The summed E-state index contributed by atoms with van der Waals surface area (Å²) in [7, 11) is 1.68. The molecule has 3 nitrogen and oxygen atoms in total. The number of benzene rings is 1. The number of hydrogen-bond donors (Lipinski definition) is 1. The molecule has 0 aliphatic rings. The summed E-state index contributed by atoms with van der Waals surface area (Å²) in [5, 5.41) is 3.22. The first-order valence-electron chi connectivity index (χ1n) is 5.41. The molecule has 1 rings (SSSR count). The van der Waals surface area contributed by atoms with Crippen LogP contribution in [0.1, 0.15) is 6.42 Å². The first-order chi connectivity index (χ1) is 7.83. The SMILES string of the molecule is COCCNCCCOc1ccc(F)cc1. The molecule has 0 bridgehead atoms. The van der Waals surface area contributed by atoms with E-state index in [1.165, 1.54) is 12.1 Å². The van der Waals surface area contributed by atoms with Crippen molar-refractivity contribution in [3.63, 3.8) is 0 Å². The average Bonchev–Trinajstić information content (AvgIpc) is 2.30. The summed E-state index contributed by atoms with van der Waals surface area (Å²) >= 11 is 0. The zero-order valence-electron chi connectivity index (χ0n) is 9.54. The van der Waals surface area contributed by atoms with E-state index in [2.05, 4.69) is 5.32 Å². The van der Waals surface area contributed by atoms with Crippen molar-refractivity contribution in [2.24, 2.45) is 0 Å². The molecule has 1 aromatic rings. The fraction of sp³-hybridized carbons (Fsp3) is 0.500. The Morgan fingerprint density at radius 3 is 2.56 bits per heavy atom. The Balaban J connectivity index is 2.01. The van der Waals surface area contributed by atoms with Crippen LogP contribution < -0.4 is 10.1 Å². The molecular formula is C12H18FNO2. The van der Waals surface area contributed by atoms with E-state index in [0.717, 1.165) is 26.1 Å². The van der Waals surface area contributed by atoms with Crippen molar-refractivity contribution >= 4 is 0 Å². The van der Waals surface area contributed by atoms with Crippen LogP contribution in [0, 0.1) is 5.82 Å². The molecule has 0 heterocycles. The summed E-state index contributed by atoms with van der Waals surface area (Å²) in [6.07, 6.45) is 0.918. The van der Waals surface area contributed by atoms with Crippen molar-refractivity contribution in [1.82, 2.24) is 5.32 Å². The minimum absolute atomic E-state index is 0.242. The second-order valence-corrected chi connectivity index (χ2v) is 3.40. The molecule has 0 saturated carbocycles. The molecule has 0 unspecified atom stereocenters. The standard InChI is InChI=1S/C12H18FNO2/c1-15-10-8-14-7-2-9-16-12-5-3-11(13)4-6-12/h3-6,14H,2,7-10H2,1H3. The molecule has 1 aromatic carbocycles. The van der Waals surface area contributed by atoms with Crippen molar-refractivity contribution in [3.8, 4) is 5.75 Å². The molecule has 0 spiro atoms. The Morgan fingerprint density at radius 1 is 1.12 bits per heavy atom. The monoisotopic (exact) mass is 227 g/mol. The fourth-order valence-corrected chi connectivity index (χ4v) is 1.22. The van der Waals surface area contributed by atoms with E-state index in [0.29, 0.717) is 12.4 Å². The van der Waals surface area contributed by atoms with Crippen LogP contribution in [0.25, 0.3) is 0 Å². The van der Waals surface area contributed by atoms with Crippen molar-refractivity contribution < 1.29 is 13.9 Å². The number of halogens is 1. The fourth-order valence-electron chi connectivity index (χ4n) is 1.22. The molecule has 1 N–H and O–H groups in total. The van der Waals surface area contributed by atoms with Crippen LogP contribution in [-0.4, -0.2) is 33.4 Å². The number of hydrogen-bond acceptors (Lipinski definition) is 3. The van der Waals surface area contributed by atoms with Crippen LogP contribution in [0.15, 0.2) is 24.3 Å². The summed E-state index contributed by atoms with van der Waals surface area (Å²) < 4.78 is 22.9. The van der Waals surface area contributed by atoms with Crippen molar-refractivity contribution in [2.45, 2.75) is 6.42 Å². The summed E-state index contributed by atoms with van der Waals surface area (Å²) in [6.45, 7) is 3.10. The van der Waals surface area contributed by atoms with Crippen LogP contribution in [-0.2, 0) is 4.74 Å². The summed E-state index contributed by atoms with van der Waals surface area (Å²) in [5.41, 5.74) is 0. The van der Waals surface area contributed by atoms with E-state index >= 15 is 0 Å². The zero-order valence-corrected chi connectivity index (χ0v) is 9.54. The third kappa shape index (κ3) is 5.68. The van der Waals surface area contributed by atoms with Gasteiger partial charge in [0.15, 0.2) is 0 Å². The van der Waals surface area contributed by atoms with Crippen LogP contribution in [0.5, 0.6) is 5.75 Å². The molecule has 0 aliphatic carbocycles. The van der Waals surface area contributed by atoms with Crippen LogP contribution in [0.3, 0.4) is 0 Å². The molecular weight excluding hydrogens is 209 g/mol. The highest BCUT2D eigenvalue weighted by Gasteiger charge is 1.94. The van der Waals surface area contributed by atoms with Gasteiger partial charge in [0.2, 0.25) is 0 Å². The van der Waals surface area contributed by atoms with Crippen LogP contribution in [0.2, 0.25) is 0 Å². The third-order valence-electron chi connectivity index (χ3n) is 2.06. The molecule has 0 fully saturated rings. The minimum atomic E-state index is -0.242. The molecule has 0 amide bonds. The van der Waals surface area contributed by atoms with Gasteiger partial charge < -0.3 is 14.8 Å². The maximum absolute atomic E-state index is 12.6. The maximum atomic E-state index is 12.6. The highest BCUT2D eigenvalue weighted by Crippen LogP contribution is 2.10. The molecule has 0 aliphatic heterocycles. The highest BCUT2D eigenvalue weighted by atomic mass is 19.1. The quantitative estimate of drug-likeness (QED) is 0.687. The predicted octanol–water partition coefficient (Wildman–Crippen LogP) is 1.83. The number of ether oxygens (including phenoxy) is 2. The van der Waals surface area contributed by atoms with E-state index in [-0.39, 0.29) is 5.82 Å². The zero-order chi connectivity index (χ0) is 11.6. The normalized spacial score (nSPS) is 10.4. The number of rotatable bonds is 8. The summed E-state index contributed by atoms with van der Waals surface area (Å²) in [6, 6.07) is 6.06. The first-order valence-corrected chi connectivity index (χ1v) is 5.41. The van der Waals surface area contributed by atoms with E-state index in [4.69, 9.17) is 9.47 Å². The summed E-state index contributed by atoms with van der Waals surface area (Å²) in [5.74, 6) is 0.465. The van der Waals surface area contributed by atoms with Gasteiger partial charge in [-0.1, -0.05) is 0 Å². The Hall–Kier alpha value is -1.13. The van der Waals surface area contributed by atoms with Gasteiger partial charge in [-0.15, -0.1) is 0 Å². The lowest BCUT2D eigenvalue weighted by atomic mass is 10.3. The topological polar surface area (TPSA) is 30.5 Å². The van der Waals surface area contributed by atoms with Gasteiger partial charge in [-0.3, -0.25) is 0 Å². The van der Waals surface area contributed by atoms with Crippen molar-refractivity contribution in [3.05, 3.63) is 30.1 Å². The van der Waals surface area contributed by atoms with Crippen molar-refractivity contribution in [2.75, 3.05) is 33.4 Å². The van der Waals surface area contributed by atoms with Crippen LogP contribution >= 0.6 is 0 Å². The van der Waals surface area contributed by atoms with Gasteiger partial charge in [0.1, 0.15) is 11.6 Å². The Morgan fingerprint density at radius 2 is 1.88 bits per heavy atom. The molecule has 0 radical (unpaired) electrons. The molecule has 90 valence electrons. The van der Waals surface area contributed by atoms with Gasteiger partial charge in [-0.25, -0.2) is 4.39 Å². The van der Waals surface area contributed by atoms with E-state index in [1.807, 2.05) is 0 Å². The lowest BCUT2D eigenvalue weighted by Crippen LogP contribution is -2.21. The molecule has 4 heteroatoms. The van der Waals surface area contributed by atoms with Gasteiger partial charge >= 0.3 is 0 Å². The molecule has 0 aromatic heterocycles. The number of methoxy groups -OCH3 is 1. The predicted molar refractivity (Wildman–Crippen MR) is 61.3 cm³/mol. The Kier molecular flexibility index (Phi) is 6.53. The number of nitrogens with one attached hydrogen (secondary N) is 1. The molecule has 0 saturated heterocycles. The van der Waals surface area contributed by atoms with Crippen LogP contribution in [0.4, 0.5) is 4.39 Å². The lowest BCUT2D eigenvalue weighted by molar-refractivity contribution is 0.198. The van der Waals surface area contributed by atoms with E-state index < -0.39 is 0 Å². The minimum Gasteiger partial charge on any atom is -0.494 e. The van der Waals surface area contributed by atoms with Gasteiger partial charge in [-0.05, 0) is 37.2 Å². The van der Waals surface area contributed by atoms with E-state index in [1.54, 1.807) is 19.2 Å². The summed E-state index contributed by atoms with van der Waals surface area (Å²) in [4.78, 5) is 0.